The average Bonchev–Trinajstić information content (AvgIpc) is 2.73. The molecule has 3 atom stereocenters. The van der Waals surface area contributed by atoms with Crippen LogP contribution in [0.25, 0.3) is 0 Å². The van der Waals surface area contributed by atoms with Gasteiger partial charge in [0.15, 0.2) is 12.4 Å². The highest BCUT2D eigenvalue weighted by atomic mass is 16.6. The minimum atomic E-state index is -1.62. The third kappa shape index (κ3) is 16.3. The number of rotatable bonds is 20. The number of hydrogen-bond donors (Lipinski definition) is 3. The van der Waals surface area contributed by atoms with Crippen LogP contribution in [0.3, 0.4) is 0 Å². The van der Waals surface area contributed by atoms with E-state index in [-0.39, 0.29) is 12.7 Å². The van der Waals surface area contributed by atoms with Gasteiger partial charge >= 0.3 is 5.97 Å². The first kappa shape index (κ1) is 27.8. The van der Waals surface area contributed by atoms with Crippen molar-refractivity contribution in [2.45, 2.75) is 115 Å². The smallest absolute Gasteiger partial charge is 0.306 e. The Morgan fingerprint density at radius 2 is 1.38 bits per heavy atom. The number of hydrogen-bond acceptors (Lipinski definition) is 6. The van der Waals surface area contributed by atoms with Gasteiger partial charge in [0.25, 0.3) is 0 Å². The van der Waals surface area contributed by atoms with Crippen LogP contribution in [0, 0.1) is 0 Å². The number of allylic oxidation sites excluding steroid dienone is 2. The molecular formula is C23H42O6. The number of aldehydes is 1. The Bertz CT molecular complexity index is 424. The summed E-state index contributed by atoms with van der Waals surface area (Å²) < 4.78 is 4.87. The summed E-state index contributed by atoms with van der Waals surface area (Å²) >= 11 is 0. The summed E-state index contributed by atoms with van der Waals surface area (Å²) in [4.78, 5) is 22.6. The average molecular weight is 415 g/mol. The number of carbonyl (C=O) groups excluding carboxylic acids is 2. The minimum absolute atomic E-state index is 0.171. The second-order valence-electron chi connectivity index (χ2n) is 7.67. The lowest BCUT2D eigenvalue weighted by atomic mass is 10.1. The Kier molecular flexibility index (Phi) is 19.2. The summed E-state index contributed by atoms with van der Waals surface area (Å²) in [5, 5.41) is 27.7. The lowest BCUT2D eigenvalue weighted by Crippen LogP contribution is -2.42. The van der Waals surface area contributed by atoms with Gasteiger partial charge in [-0.1, -0.05) is 70.4 Å². The van der Waals surface area contributed by atoms with Crippen molar-refractivity contribution >= 4 is 12.3 Å². The Hall–Kier alpha value is -1.24. The fourth-order valence-corrected chi connectivity index (χ4v) is 3.06. The second-order valence-corrected chi connectivity index (χ2v) is 7.67. The van der Waals surface area contributed by atoms with Crippen LogP contribution < -0.4 is 0 Å². The van der Waals surface area contributed by atoms with Crippen LogP contribution in [-0.4, -0.2) is 52.5 Å². The zero-order valence-corrected chi connectivity index (χ0v) is 18.1. The molecule has 6 heteroatoms. The van der Waals surface area contributed by atoms with E-state index < -0.39 is 30.9 Å². The summed E-state index contributed by atoms with van der Waals surface area (Å²) in [7, 11) is 0. The Labute approximate surface area is 176 Å². The molecule has 170 valence electrons. The fourth-order valence-electron chi connectivity index (χ4n) is 3.06. The molecule has 29 heavy (non-hydrogen) atoms. The minimum Gasteiger partial charge on any atom is -0.452 e. The molecular weight excluding hydrogens is 372 g/mol. The van der Waals surface area contributed by atoms with Crippen molar-refractivity contribution in [2.24, 2.45) is 0 Å². The van der Waals surface area contributed by atoms with Crippen LogP contribution in [0.2, 0.25) is 0 Å². The molecule has 0 aromatic carbocycles. The van der Waals surface area contributed by atoms with Crippen molar-refractivity contribution in [3.63, 3.8) is 0 Å². The van der Waals surface area contributed by atoms with Crippen molar-refractivity contribution in [3.05, 3.63) is 12.2 Å². The van der Waals surface area contributed by atoms with Gasteiger partial charge in [-0.3, -0.25) is 9.59 Å². The van der Waals surface area contributed by atoms with Gasteiger partial charge in [0.05, 0.1) is 6.61 Å². The lowest BCUT2D eigenvalue weighted by molar-refractivity contribution is -0.163. The van der Waals surface area contributed by atoms with Gasteiger partial charge in [0, 0.05) is 6.42 Å². The standard InChI is InChI=1S/C23H42O6/c1-2-3-4-5-6-7-8-9-10-11-12-13-14-15-16-17-22(27)29-21(19-25)23(28)20(26)18-24/h9-10,19-21,23-24,26,28H,2-8,11-18H2,1H3/t20-,21+,23+/m1/s1. The Morgan fingerprint density at radius 3 is 1.90 bits per heavy atom. The summed E-state index contributed by atoms with van der Waals surface area (Å²) in [5.41, 5.74) is 0. The molecule has 0 aliphatic carbocycles. The van der Waals surface area contributed by atoms with Crippen LogP contribution >= 0.6 is 0 Å². The highest BCUT2D eigenvalue weighted by molar-refractivity contribution is 5.72. The number of ether oxygens (including phenoxy) is 1. The molecule has 0 rings (SSSR count). The van der Waals surface area contributed by atoms with E-state index in [1.165, 1.54) is 44.9 Å². The SMILES string of the molecule is CCCCCCCCC=CCCCCCCCC(=O)O[C@@H](C=O)[C@@H](O)[C@H](O)CO. The predicted molar refractivity (Wildman–Crippen MR) is 114 cm³/mol. The first-order chi connectivity index (χ1) is 14.1. The molecule has 0 aliphatic rings. The van der Waals surface area contributed by atoms with Crippen molar-refractivity contribution in [1.82, 2.24) is 0 Å². The van der Waals surface area contributed by atoms with Crippen LogP contribution in [-0.2, 0) is 14.3 Å². The van der Waals surface area contributed by atoms with Crippen LogP contribution in [0.4, 0.5) is 0 Å². The molecule has 0 aromatic heterocycles. The van der Waals surface area contributed by atoms with E-state index in [9.17, 15) is 19.8 Å². The summed E-state index contributed by atoms with van der Waals surface area (Å²) in [6.07, 6.45) is 15.6. The molecule has 0 saturated heterocycles. The van der Waals surface area contributed by atoms with Gasteiger partial charge in [-0.2, -0.15) is 0 Å². The lowest BCUT2D eigenvalue weighted by Gasteiger charge is -2.21. The number of carbonyl (C=O) groups is 2. The van der Waals surface area contributed by atoms with E-state index in [0.29, 0.717) is 6.42 Å². The van der Waals surface area contributed by atoms with Gasteiger partial charge in [-0.15, -0.1) is 0 Å². The van der Waals surface area contributed by atoms with E-state index in [4.69, 9.17) is 9.84 Å². The largest absolute Gasteiger partial charge is 0.452 e. The molecule has 6 nitrogen and oxygen atoms in total. The van der Waals surface area contributed by atoms with Crippen molar-refractivity contribution in [2.75, 3.05) is 6.61 Å². The number of aliphatic hydroxyl groups is 3. The monoisotopic (exact) mass is 414 g/mol. The zero-order valence-electron chi connectivity index (χ0n) is 18.1. The molecule has 0 heterocycles. The third-order valence-electron chi connectivity index (χ3n) is 4.96. The molecule has 0 aromatic rings. The van der Waals surface area contributed by atoms with E-state index >= 15 is 0 Å². The van der Waals surface area contributed by atoms with Gasteiger partial charge in [-0.25, -0.2) is 0 Å². The molecule has 0 saturated carbocycles. The highest BCUT2D eigenvalue weighted by Crippen LogP contribution is 2.11. The quantitative estimate of drug-likeness (QED) is 0.121. The molecule has 0 unspecified atom stereocenters. The van der Waals surface area contributed by atoms with Gasteiger partial charge in [0.1, 0.15) is 12.2 Å². The summed E-state index contributed by atoms with van der Waals surface area (Å²) in [6, 6.07) is 0. The predicted octanol–water partition coefficient (Wildman–Crippen LogP) is 3.85. The van der Waals surface area contributed by atoms with Gasteiger partial charge in [-0.05, 0) is 32.1 Å². The van der Waals surface area contributed by atoms with Crippen LogP contribution in [0.1, 0.15) is 96.8 Å². The molecule has 0 spiro atoms. The maximum Gasteiger partial charge on any atom is 0.306 e. The summed E-state index contributed by atoms with van der Waals surface area (Å²) in [6.45, 7) is 1.53. The number of unbranched alkanes of at least 4 members (excludes halogenated alkanes) is 11. The molecule has 0 amide bonds. The molecule has 0 aliphatic heterocycles. The van der Waals surface area contributed by atoms with Gasteiger partial charge < -0.3 is 20.1 Å². The highest BCUT2D eigenvalue weighted by Gasteiger charge is 2.28. The van der Waals surface area contributed by atoms with E-state index in [1.54, 1.807) is 0 Å². The Morgan fingerprint density at radius 1 is 0.862 bits per heavy atom. The van der Waals surface area contributed by atoms with Crippen LogP contribution in [0.5, 0.6) is 0 Å². The topological polar surface area (TPSA) is 104 Å². The van der Waals surface area contributed by atoms with Crippen LogP contribution in [0.15, 0.2) is 12.2 Å². The summed E-state index contributed by atoms with van der Waals surface area (Å²) in [5.74, 6) is -0.580. The first-order valence-corrected chi connectivity index (χ1v) is 11.3. The number of esters is 1. The second kappa shape index (κ2) is 20.0. The van der Waals surface area contributed by atoms with E-state index in [0.717, 1.165) is 32.1 Å². The van der Waals surface area contributed by atoms with Crippen molar-refractivity contribution in [1.29, 1.82) is 0 Å². The molecule has 0 bridgehead atoms. The van der Waals surface area contributed by atoms with Crippen molar-refractivity contribution < 1.29 is 29.6 Å². The normalized spacial score (nSPS) is 14.6. The van der Waals surface area contributed by atoms with Crippen molar-refractivity contribution in [3.8, 4) is 0 Å². The number of aliphatic hydroxyl groups excluding tert-OH is 3. The molecule has 3 N–H and O–H groups in total. The maximum atomic E-state index is 11.7. The Balaban J connectivity index is 3.56. The fraction of sp³-hybridized carbons (Fsp3) is 0.826. The zero-order chi connectivity index (χ0) is 21.7. The van der Waals surface area contributed by atoms with Gasteiger partial charge in [0.2, 0.25) is 0 Å². The first-order valence-electron chi connectivity index (χ1n) is 11.3. The molecule has 0 fully saturated rings. The third-order valence-corrected chi connectivity index (χ3v) is 4.96. The van der Waals surface area contributed by atoms with E-state index in [2.05, 4.69) is 19.1 Å². The maximum absolute atomic E-state index is 11.7. The van der Waals surface area contributed by atoms with E-state index in [1.807, 2.05) is 0 Å². The molecule has 0 radical (unpaired) electrons.